The number of nitrogens with two attached hydrogens (primary N) is 1. The summed E-state index contributed by atoms with van der Waals surface area (Å²) in [6.45, 7) is 3.69. The molecule has 1 aromatic heterocycles. The molecule has 0 radical (unpaired) electrons. The van der Waals surface area contributed by atoms with E-state index in [0.717, 1.165) is 18.8 Å². The highest BCUT2D eigenvalue weighted by Gasteiger charge is 2.24. The fraction of sp³-hybridized carbons (Fsp3) is 0.571. The summed E-state index contributed by atoms with van der Waals surface area (Å²) in [6.07, 6.45) is 3.57. The minimum atomic E-state index is -0.880. The van der Waals surface area contributed by atoms with Crippen molar-refractivity contribution in [1.29, 1.82) is 0 Å². The molecule has 2 unspecified atom stereocenters. The Kier molecular flexibility index (Phi) is 4.24. The van der Waals surface area contributed by atoms with Gasteiger partial charge in [-0.2, -0.15) is 0 Å². The molecule has 19 heavy (non-hydrogen) atoms. The smallest absolute Gasteiger partial charge is 0.349 e. The zero-order valence-electron chi connectivity index (χ0n) is 11.3. The van der Waals surface area contributed by atoms with Gasteiger partial charge < -0.3 is 10.5 Å². The van der Waals surface area contributed by atoms with E-state index in [2.05, 4.69) is 6.92 Å². The molecule has 4 nitrogen and oxygen atoms in total. The number of aryl methyl sites for hydroxylation is 1. The van der Waals surface area contributed by atoms with Gasteiger partial charge in [0.05, 0.1) is 0 Å². The molecule has 1 amide bonds. The third-order valence-corrected chi connectivity index (χ3v) is 4.87. The van der Waals surface area contributed by atoms with E-state index in [0.29, 0.717) is 4.88 Å². The number of hydrogen-bond acceptors (Lipinski definition) is 4. The van der Waals surface area contributed by atoms with Crippen LogP contribution in [0, 0.1) is 5.92 Å². The predicted molar refractivity (Wildman–Crippen MR) is 74.2 cm³/mol. The quantitative estimate of drug-likeness (QED) is 0.861. The normalized spacial score (nSPS) is 19.6. The van der Waals surface area contributed by atoms with E-state index in [1.165, 1.54) is 41.5 Å². The highest BCUT2D eigenvalue weighted by atomic mass is 32.1. The summed E-state index contributed by atoms with van der Waals surface area (Å²) in [7, 11) is 0. The topological polar surface area (TPSA) is 69.4 Å². The van der Waals surface area contributed by atoms with Gasteiger partial charge >= 0.3 is 5.97 Å². The lowest BCUT2D eigenvalue weighted by atomic mass is 9.87. The second-order valence-corrected chi connectivity index (χ2v) is 6.16. The van der Waals surface area contributed by atoms with Gasteiger partial charge in [0, 0.05) is 4.88 Å². The molecule has 1 aliphatic rings. The predicted octanol–water partition coefficient (Wildman–Crippen LogP) is 2.29. The number of hydrogen-bond donors (Lipinski definition) is 1. The molecular weight excluding hydrogens is 262 g/mol. The second-order valence-electron chi connectivity index (χ2n) is 5.03. The van der Waals surface area contributed by atoms with E-state index >= 15 is 0 Å². The van der Waals surface area contributed by atoms with Crippen LogP contribution in [0.2, 0.25) is 0 Å². The van der Waals surface area contributed by atoms with E-state index < -0.39 is 18.0 Å². The van der Waals surface area contributed by atoms with E-state index in [9.17, 15) is 9.59 Å². The number of carbonyl (C=O) groups is 2. The van der Waals surface area contributed by atoms with Crippen LogP contribution in [-0.4, -0.2) is 18.0 Å². The van der Waals surface area contributed by atoms with Crippen LogP contribution in [0.15, 0.2) is 6.07 Å². The SMILES string of the molecule is CCC1CCc2sc(C(=O)OC(C)C(N)=O)cc2C1. The monoisotopic (exact) mass is 281 g/mol. The van der Waals surface area contributed by atoms with Crippen molar-refractivity contribution < 1.29 is 14.3 Å². The summed E-state index contributed by atoms with van der Waals surface area (Å²) >= 11 is 1.48. The maximum Gasteiger partial charge on any atom is 0.349 e. The van der Waals surface area contributed by atoms with Crippen LogP contribution in [0.4, 0.5) is 0 Å². The van der Waals surface area contributed by atoms with Crippen molar-refractivity contribution >= 4 is 23.2 Å². The largest absolute Gasteiger partial charge is 0.448 e. The Morgan fingerprint density at radius 1 is 1.58 bits per heavy atom. The molecule has 2 rings (SSSR count). The van der Waals surface area contributed by atoms with Crippen LogP contribution in [0.1, 0.15) is 46.8 Å². The van der Waals surface area contributed by atoms with Gasteiger partial charge in [0.2, 0.25) is 0 Å². The van der Waals surface area contributed by atoms with E-state index in [1.54, 1.807) is 0 Å². The molecule has 0 saturated heterocycles. The first-order chi connectivity index (χ1) is 9.01. The van der Waals surface area contributed by atoms with Crippen molar-refractivity contribution in [2.75, 3.05) is 0 Å². The molecule has 0 aromatic carbocycles. The third-order valence-electron chi connectivity index (χ3n) is 3.65. The lowest BCUT2D eigenvalue weighted by Gasteiger charge is -2.19. The number of ether oxygens (including phenoxy) is 1. The Bertz CT molecular complexity index is 495. The van der Waals surface area contributed by atoms with Crippen LogP contribution < -0.4 is 5.73 Å². The molecule has 0 fully saturated rings. The first kappa shape index (κ1) is 14.1. The summed E-state index contributed by atoms with van der Waals surface area (Å²) in [4.78, 5) is 24.7. The molecule has 1 heterocycles. The number of rotatable bonds is 4. The number of amides is 1. The van der Waals surface area contributed by atoms with Gasteiger partial charge in [-0.3, -0.25) is 4.79 Å². The fourth-order valence-corrected chi connectivity index (χ4v) is 3.42. The van der Waals surface area contributed by atoms with Gasteiger partial charge in [0.15, 0.2) is 6.10 Å². The van der Waals surface area contributed by atoms with Crippen molar-refractivity contribution in [2.45, 2.75) is 45.6 Å². The lowest BCUT2D eigenvalue weighted by molar-refractivity contribution is -0.125. The summed E-state index contributed by atoms with van der Waals surface area (Å²) in [5.41, 5.74) is 6.35. The molecule has 1 aliphatic carbocycles. The fourth-order valence-electron chi connectivity index (χ4n) is 2.32. The molecule has 0 bridgehead atoms. The van der Waals surface area contributed by atoms with Crippen LogP contribution in [-0.2, 0) is 22.4 Å². The van der Waals surface area contributed by atoms with Crippen molar-refractivity contribution in [2.24, 2.45) is 11.7 Å². The molecule has 0 spiro atoms. The van der Waals surface area contributed by atoms with E-state index in [-0.39, 0.29) is 0 Å². The first-order valence-corrected chi connectivity index (χ1v) is 7.44. The summed E-state index contributed by atoms with van der Waals surface area (Å²) in [5, 5.41) is 0. The van der Waals surface area contributed by atoms with Gasteiger partial charge in [0.25, 0.3) is 5.91 Å². The average molecular weight is 281 g/mol. The van der Waals surface area contributed by atoms with Crippen LogP contribution >= 0.6 is 11.3 Å². The van der Waals surface area contributed by atoms with Crippen LogP contribution in [0.3, 0.4) is 0 Å². The van der Waals surface area contributed by atoms with Gasteiger partial charge in [-0.25, -0.2) is 4.79 Å². The zero-order valence-corrected chi connectivity index (χ0v) is 12.1. The van der Waals surface area contributed by atoms with Crippen molar-refractivity contribution in [3.63, 3.8) is 0 Å². The number of fused-ring (bicyclic) bond motifs is 1. The molecule has 104 valence electrons. The average Bonchev–Trinajstić information content (AvgIpc) is 2.81. The number of primary amides is 1. The van der Waals surface area contributed by atoms with Crippen molar-refractivity contribution in [3.05, 3.63) is 21.4 Å². The number of thiophene rings is 1. The van der Waals surface area contributed by atoms with Gasteiger partial charge in [0.1, 0.15) is 4.88 Å². The Hall–Kier alpha value is -1.36. The maximum atomic E-state index is 11.9. The van der Waals surface area contributed by atoms with Crippen molar-refractivity contribution in [3.8, 4) is 0 Å². The number of carbonyl (C=O) groups excluding carboxylic acids is 2. The molecule has 0 saturated carbocycles. The van der Waals surface area contributed by atoms with Gasteiger partial charge in [-0.05, 0) is 43.7 Å². The zero-order chi connectivity index (χ0) is 14.0. The summed E-state index contributed by atoms with van der Waals surface area (Å²) in [6, 6.07) is 1.91. The Morgan fingerprint density at radius 2 is 2.32 bits per heavy atom. The molecule has 0 aliphatic heterocycles. The van der Waals surface area contributed by atoms with Gasteiger partial charge in [-0.1, -0.05) is 13.3 Å². The highest BCUT2D eigenvalue weighted by Crippen LogP contribution is 2.33. The standard InChI is InChI=1S/C14H19NO3S/c1-3-9-4-5-11-10(6-9)7-12(19-11)14(17)18-8(2)13(15)16/h7-9H,3-6H2,1-2H3,(H2,15,16). The van der Waals surface area contributed by atoms with Crippen LogP contribution in [0.25, 0.3) is 0 Å². The Labute approximate surface area is 116 Å². The van der Waals surface area contributed by atoms with Crippen molar-refractivity contribution in [1.82, 2.24) is 0 Å². The summed E-state index contributed by atoms with van der Waals surface area (Å²) < 4.78 is 5.03. The minimum absolute atomic E-state index is 0.446. The molecule has 5 heteroatoms. The first-order valence-electron chi connectivity index (χ1n) is 6.63. The molecule has 1 aromatic rings. The molecule has 2 atom stereocenters. The molecule has 2 N–H and O–H groups in total. The minimum Gasteiger partial charge on any atom is -0.448 e. The second kappa shape index (κ2) is 5.74. The molecular formula is C14H19NO3S. The number of esters is 1. The Morgan fingerprint density at radius 3 is 2.95 bits per heavy atom. The van der Waals surface area contributed by atoms with Crippen LogP contribution in [0.5, 0.6) is 0 Å². The maximum absolute atomic E-state index is 11.9. The van der Waals surface area contributed by atoms with E-state index in [4.69, 9.17) is 10.5 Å². The highest BCUT2D eigenvalue weighted by molar-refractivity contribution is 7.14. The Balaban J connectivity index is 2.08. The summed E-state index contributed by atoms with van der Waals surface area (Å²) in [5.74, 6) is -0.352. The lowest BCUT2D eigenvalue weighted by Crippen LogP contribution is -2.30. The third kappa shape index (κ3) is 3.15. The van der Waals surface area contributed by atoms with E-state index in [1.807, 2.05) is 6.07 Å². The van der Waals surface area contributed by atoms with Gasteiger partial charge in [-0.15, -0.1) is 11.3 Å².